The summed E-state index contributed by atoms with van der Waals surface area (Å²) in [5.74, 6) is 0.850. The molecule has 0 saturated carbocycles. The Morgan fingerprint density at radius 3 is 2.96 bits per heavy atom. The molecule has 0 spiro atoms. The van der Waals surface area contributed by atoms with Crippen LogP contribution in [0.25, 0.3) is 0 Å². The number of amides is 2. The van der Waals surface area contributed by atoms with E-state index in [0.717, 1.165) is 25.2 Å². The molecular weight excluding hydrogens is 358 g/mol. The fourth-order valence-corrected chi connectivity index (χ4v) is 2.88. The van der Waals surface area contributed by atoms with Gasteiger partial charge >= 0.3 is 6.03 Å². The fraction of sp³-hybridized carbons (Fsp3) is 0.368. The molecule has 1 aromatic carbocycles. The largest absolute Gasteiger partial charge is 0.490 e. The zero-order valence-corrected chi connectivity index (χ0v) is 15.9. The summed E-state index contributed by atoms with van der Waals surface area (Å²) in [6, 6.07) is 7.27. The first-order valence-electron chi connectivity index (χ1n) is 8.99. The number of nitrogens with zero attached hydrogens (tertiary/aromatic N) is 4. The van der Waals surface area contributed by atoms with Gasteiger partial charge in [-0.25, -0.2) is 14.8 Å². The standard InChI is InChI=1S/C19H23N7O2/c1-13-3-4-17(28-12-15-11-26(2)6-5-21-15)16(7-13)24-19(27)25-18-10-22-14(8-20)9-23-18/h3-4,7,9-10,15,21H,5-6,11-12H2,1-2H3,(H2,23,24,25,27)/t15-/m1/s1. The van der Waals surface area contributed by atoms with Crippen molar-refractivity contribution in [2.45, 2.75) is 13.0 Å². The summed E-state index contributed by atoms with van der Waals surface area (Å²) in [4.78, 5) is 22.4. The minimum absolute atomic E-state index is 0.183. The van der Waals surface area contributed by atoms with E-state index in [9.17, 15) is 4.79 Å². The molecule has 1 atom stereocenters. The zero-order chi connectivity index (χ0) is 19.9. The van der Waals surface area contributed by atoms with Gasteiger partial charge < -0.3 is 20.3 Å². The van der Waals surface area contributed by atoms with Gasteiger partial charge in [-0.2, -0.15) is 5.26 Å². The zero-order valence-electron chi connectivity index (χ0n) is 15.9. The number of piperazine rings is 1. The summed E-state index contributed by atoms with van der Waals surface area (Å²) in [6.45, 7) is 5.30. The number of aromatic nitrogens is 2. The van der Waals surface area contributed by atoms with Crippen LogP contribution in [0.15, 0.2) is 30.6 Å². The molecule has 0 aliphatic carbocycles. The lowest BCUT2D eigenvalue weighted by atomic mass is 10.2. The Morgan fingerprint density at radius 2 is 2.25 bits per heavy atom. The number of aryl methyl sites for hydroxylation is 1. The Morgan fingerprint density at radius 1 is 1.39 bits per heavy atom. The van der Waals surface area contributed by atoms with Gasteiger partial charge in [0.2, 0.25) is 0 Å². The Kier molecular flexibility index (Phi) is 6.37. The van der Waals surface area contributed by atoms with Crippen LogP contribution in [0.1, 0.15) is 11.3 Å². The average molecular weight is 381 g/mol. The lowest BCUT2D eigenvalue weighted by Gasteiger charge is -2.30. The van der Waals surface area contributed by atoms with Crippen LogP contribution in [-0.4, -0.2) is 60.2 Å². The molecule has 9 heteroatoms. The second-order valence-corrected chi connectivity index (χ2v) is 6.70. The molecule has 1 aromatic heterocycles. The number of nitrogens with one attached hydrogen (secondary N) is 3. The molecule has 28 heavy (non-hydrogen) atoms. The van der Waals surface area contributed by atoms with Crippen molar-refractivity contribution in [1.82, 2.24) is 20.2 Å². The number of likely N-dealkylation sites (N-methyl/N-ethyl adjacent to an activating group) is 1. The second kappa shape index (κ2) is 9.12. The van der Waals surface area contributed by atoms with Crippen molar-refractivity contribution in [2.24, 2.45) is 0 Å². The summed E-state index contributed by atoms with van der Waals surface area (Å²) in [6.07, 6.45) is 2.63. The Labute approximate surface area is 163 Å². The van der Waals surface area contributed by atoms with Gasteiger partial charge in [-0.15, -0.1) is 0 Å². The number of benzene rings is 1. The lowest BCUT2D eigenvalue weighted by molar-refractivity contribution is 0.180. The number of carbonyl (C=O) groups excluding carboxylic acids is 1. The maximum Gasteiger partial charge on any atom is 0.324 e. The number of nitriles is 1. The van der Waals surface area contributed by atoms with Crippen molar-refractivity contribution < 1.29 is 9.53 Å². The van der Waals surface area contributed by atoms with Crippen molar-refractivity contribution >= 4 is 17.5 Å². The minimum Gasteiger partial charge on any atom is -0.490 e. The van der Waals surface area contributed by atoms with Crippen LogP contribution >= 0.6 is 0 Å². The summed E-state index contributed by atoms with van der Waals surface area (Å²) in [5, 5.41) is 17.6. The molecule has 2 aromatic rings. The van der Waals surface area contributed by atoms with E-state index in [1.165, 1.54) is 12.4 Å². The normalized spacial score (nSPS) is 16.8. The summed E-state index contributed by atoms with van der Waals surface area (Å²) in [7, 11) is 2.09. The van der Waals surface area contributed by atoms with E-state index in [2.05, 4.69) is 37.9 Å². The molecule has 2 heterocycles. The van der Waals surface area contributed by atoms with E-state index >= 15 is 0 Å². The highest BCUT2D eigenvalue weighted by atomic mass is 16.5. The molecule has 3 N–H and O–H groups in total. The van der Waals surface area contributed by atoms with Crippen LogP contribution < -0.4 is 20.7 Å². The minimum atomic E-state index is -0.468. The van der Waals surface area contributed by atoms with Crippen LogP contribution in [0, 0.1) is 18.3 Å². The van der Waals surface area contributed by atoms with Crippen molar-refractivity contribution in [3.8, 4) is 11.8 Å². The Hall–Kier alpha value is -3.22. The van der Waals surface area contributed by atoms with Crippen LogP contribution in [0.2, 0.25) is 0 Å². The third-order valence-electron chi connectivity index (χ3n) is 4.29. The van der Waals surface area contributed by atoms with Gasteiger partial charge in [0.15, 0.2) is 11.5 Å². The summed E-state index contributed by atoms with van der Waals surface area (Å²) >= 11 is 0. The third-order valence-corrected chi connectivity index (χ3v) is 4.29. The van der Waals surface area contributed by atoms with Gasteiger partial charge in [0.1, 0.15) is 18.4 Å². The van der Waals surface area contributed by atoms with Crippen molar-refractivity contribution in [1.29, 1.82) is 5.26 Å². The van der Waals surface area contributed by atoms with Crippen LogP contribution in [0.5, 0.6) is 5.75 Å². The molecule has 0 radical (unpaired) electrons. The van der Waals surface area contributed by atoms with E-state index in [0.29, 0.717) is 18.0 Å². The molecule has 1 fully saturated rings. The smallest absolute Gasteiger partial charge is 0.324 e. The van der Waals surface area contributed by atoms with Crippen LogP contribution in [0.3, 0.4) is 0 Å². The third kappa shape index (κ3) is 5.39. The Balaban J connectivity index is 1.62. The summed E-state index contributed by atoms with van der Waals surface area (Å²) < 4.78 is 5.97. The molecule has 0 bridgehead atoms. The first-order chi connectivity index (χ1) is 13.5. The lowest BCUT2D eigenvalue weighted by Crippen LogP contribution is -2.51. The van der Waals surface area contributed by atoms with Gasteiger partial charge in [-0.3, -0.25) is 5.32 Å². The number of ether oxygens (including phenoxy) is 1. The molecule has 1 aliphatic rings. The summed E-state index contributed by atoms with van der Waals surface area (Å²) in [5.41, 5.74) is 1.75. The topological polar surface area (TPSA) is 115 Å². The molecule has 9 nitrogen and oxygen atoms in total. The highest BCUT2D eigenvalue weighted by Gasteiger charge is 2.18. The number of hydrogen-bond donors (Lipinski definition) is 3. The van der Waals surface area contributed by atoms with Gasteiger partial charge in [0, 0.05) is 19.6 Å². The molecule has 1 saturated heterocycles. The first kappa shape index (κ1) is 19.5. The van der Waals surface area contributed by atoms with Crippen LogP contribution in [-0.2, 0) is 0 Å². The SMILES string of the molecule is Cc1ccc(OC[C@H]2CN(C)CCN2)c(NC(=O)Nc2cnc(C#N)cn2)c1. The quantitative estimate of drug-likeness (QED) is 0.720. The van der Waals surface area contributed by atoms with E-state index in [1.54, 1.807) is 0 Å². The molecular formula is C19H23N7O2. The number of rotatable bonds is 5. The fourth-order valence-electron chi connectivity index (χ4n) is 2.88. The maximum atomic E-state index is 12.3. The van der Waals surface area contributed by atoms with Crippen molar-refractivity contribution in [3.05, 3.63) is 41.9 Å². The van der Waals surface area contributed by atoms with Crippen molar-refractivity contribution in [3.63, 3.8) is 0 Å². The van der Waals surface area contributed by atoms with E-state index < -0.39 is 6.03 Å². The number of carbonyl (C=O) groups is 1. The highest BCUT2D eigenvalue weighted by molar-refractivity contribution is 6.00. The second-order valence-electron chi connectivity index (χ2n) is 6.70. The molecule has 1 aliphatic heterocycles. The van der Waals surface area contributed by atoms with Gasteiger partial charge in [0.25, 0.3) is 0 Å². The van der Waals surface area contributed by atoms with E-state index in [4.69, 9.17) is 10.00 Å². The van der Waals surface area contributed by atoms with E-state index in [-0.39, 0.29) is 17.6 Å². The Bertz CT molecular complexity index is 864. The van der Waals surface area contributed by atoms with Gasteiger partial charge in [-0.05, 0) is 31.7 Å². The predicted octanol–water partition coefficient (Wildman–Crippen LogP) is 1.58. The molecule has 0 unspecified atom stereocenters. The van der Waals surface area contributed by atoms with Gasteiger partial charge in [0.05, 0.1) is 24.1 Å². The van der Waals surface area contributed by atoms with Gasteiger partial charge in [-0.1, -0.05) is 6.07 Å². The predicted molar refractivity (Wildman–Crippen MR) is 105 cm³/mol. The number of urea groups is 1. The average Bonchev–Trinajstić information content (AvgIpc) is 2.68. The molecule has 146 valence electrons. The molecule has 3 rings (SSSR count). The highest BCUT2D eigenvalue weighted by Crippen LogP contribution is 2.26. The number of hydrogen-bond acceptors (Lipinski definition) is 7. The monoisotopic (exact) mass is 381 g/mol. The maximum absolute atomic E-state index is 12.3. The van der Waals surface area contributed by atoms with Crippen molar-refractivity contribution in [2.75, 3.05) is 43.9 Å². The number of anilines is 2. The molecule has 2 amide bonds. The van der Waals surface area contributed by atoms with E-state index in [1.807, 2.05) is 31.2 Å². The first-order valence-corrected chi connectivity index (χ1v) is 8.99. The van der Waals surface area contributed by atoms with Crippen LogP contribution in [0.4, 0.5) is 16.3 Å².